The molecule has 5 nitrogen and oxygen atoms in total. The number of nitrogens with one attached hydrogen (secondary N) is 2. The van der Waals surface area contributed by atoms with Gasteiger partial charge < -0.3 is 20.3 Å². The number of likely N-dealkylation sites (tertiary alicyclic amines) is 1. The van der Waals surface area contributed by atoms with Crippen molar-refractivity contribution in [2.24, 2.45) is 0 Å². The summed E-state index contributed by atoms with van der Waals surface area (Å²) in [5.41, 5.74) is 4.65. The first-order valence-corrected chi connectivity index (χ1v) is 14.4. The molecular formula is C35H39N3O2. The maximum absolute atomic E-state index is 12.5. The minimum atomic E-state index is 0.0245. The van der Waals surface area contributed by atoms with E-state index in [2.05, 4.69) is 76.2 Å². The van der Waals surface area contributed by atoms with Crippen molar-refractivity contribution in [3.05, 3.63) is 132 Å². The second-order valence-electron chi connectivity index (χ2n) is 10.5. The molecule has 4 aromatic rings. The largest absolute Gasteiger partial charge is 0.489 e. The minimum Gasteiger partial charge on any atom is -0.489 e. The molecule has 5 rings (SSSR count). The van der Waals surface area contributed by atoms with E-state index in [4.69, 9.17) is 4.74 Å². The fourth-order valence-corrected chi connectivity index (χ4v) is 5.34. The number of amides is 1. The second-order valence-corrected chi connectivity index (χ2v) is 10.5. The SMILES string of the molecule is O=C(CCNC1CCN(CC(c2ccccc2)c2ccccc2)CC1)Nc1ccc(OCc2ccccc2)cc1. The number of nitrogens with zero attached hydrogens (tertiary/aromatic N) is 1. The molecule has 0 unspecified atom stereocenters. The molecule has 206 valence electrons. The third-order valence-electron chi connectivity index (χ3n) is 7.60. The van der Waals surface area contributed by atoms with Gasteiger partial charge in [0, 0.05) is 37.2 Å². The second kappa shape index (κ2) is 14.5. The van der Waals surface area contributed by atoms with E-state index in [1.807, 2.05) is 54.6 Å². The van der Waals surface area contributed by atoms with Gasteiger partial charge in [0.25, 0.3) is 0 Å². The predicted octanol–water partition coefficient (Wildman–Crippen LogP) is 6.48. The normalized spacial score (nSPS) is 14.2. The Balaban J connectivity index is 1.01. The average Bonchev–Trinajstić information content (AvgIpc) is 3.01. The molecule has 5 heteroatoms. The molecule has 0 radical (unpaired) electrons. The van der Waals surface area contributed by atoms with Crippen LogP contribution in [0, 0.1) is 0 Å². The topological polar surface area (TPSA) is 53.6 Å². The third-order valence-corrected chi connectivity index (χ3v) is 7.60. The van der Waals surface area contributed by atoms with Crippen molar-refractivity contribution in [2.75, 3.05) is 31.5 Å². The molecular weight excluding hydrogens is 494 g/mol. The summed E-state index contributed by atoms with van der Waals surface area (Å²) in [7, 11) is 0. The van der Waals surface area contributed by atoms with E-state index < -0.39 is 0 Å². The van der Waals surface area contributed by atoms with E-state index in [9.17, 15) is 4.79 Å². The summed E-state index contributed by atoms with van der Waals surface area (Å²) in [6, 6.07) is 39.8. The van der Waals surface area contributed by atoms with Gasteiger partial charge in [0.15, 0.2) is 0 Å². The Kier molecular flexibility index (Phi) is 9.98. The number of hydrogen-bond donors (Lipinski definition) is 2. The lowest BCUT2D eigenvalue weighted by molar-refractivity contribution is -0.116. The Morgan fingerprint density at radius 2 is 1.35 bits per heavy atom. The molecule has 1 aliphatic rings. The van der Waals surface area contributed by atoms with Crippen molar-refractivity contribution < 1.29 is 9.53 Å². The van der Waals surface area contributed by atoms with Crippen molar-refractivity contribution in [3.8, 4) is 5.75 Å². The van der Waals surface area contributed by atoms with Crippen molar-refractivity contribution in [1.29, 1.82) is 0 Å². The molecule has 0 aromatic heterocycles. The van der Waals surface area contributed by atoms with Crippen LogP contribution < -0.4 is 15.4 Å². The summed E-state index contributed by atoms with van der Waals surface area (Å²) in [4.78, 5) is 15.1. The highest BCUT2D eigenvalue weighted by molar-refractivity contribution is 5.90. The Morgan fingerprint density at radius 1 is 0.775 bits per heavy atom. The monoisotopic (exact) mass is 533 g/mol. The van der Waals surface area contributed by atoms with Gasteiger partial charge in [0.1, 0.15) is 12.4 Å². The smallest absolute Gasteiger partial charge is 0.225 e. The van der Waals surface area contributed by atoms with Crippen LogP contribution in [0.4, 0.5) is 5.69 Å². The first kappa shape index (κ1) is 27.6. The summed E-state index contributed by atoms with van der Waals surface area (Å²) in [6.45, 7) is 4.37. The molecule has 0 spiro atoms. The molecule has 2 N–H and O–H groups in total. The van der Waals surface area contributed by atoms with Gasteiger partial charge in [-0.15, -0.1) is 0 Å². The summed E-state index contributed by atoms with van der Waals surface area (Å²) in [5.74, 6) is 1.19. The number of ether oxygens (including phenoxy) is 1. The third kappa shape index (κ3) is 8.28. The summed E-state index contributed by atoms with van der Waals surface area (Å²) in [5, 5.41) is 6.61. The average molecular weight is 534 g/mol. The van der Waals surface area contributed by atoms with E-state index in [-0.39, 0.29) is 5.91 Å². The van der Waals surface area contributed by atoms with Crippen LogP contribution in [0.2, 0.25) is 0 Å². The Morgan fingerprint density at radius 3 is 1.95 bits per heavy atom. The highest BCUT2D eigenvalue weighted by atomic mass is 16.5. The van der Waals surface area contributed by atoms with E-state index in [0.29, 0.717) is 31.5 Å². The molecule has 1 amide bonds. The van der Waals surface area contributed by atoms with Crippen LogP contribution in [0.25, 0.3) is 0 Å². The van der Waals surface area contributed by atoms with Gasteiger partial charge in [-0.3, -0.25) is 4.79 Å². The van der Waals surface area contributed by atoms with Crippen LogP contribution in [-0.2, 0) is 11.4 Å². The number of carbonyl (C=O) groups is 1. The molecule has 40 heavy (non-hydrogen) atoms. The van der Waals surface area contributed by atoms with Crippen LogP contribution in [0.1, 0.15) is 41.9 Å². The predicted molar refractivity (Wildman–Crippen MR) is 163 cm³/mol. The zero-order chi connectivity index (χ0) is 27.4. The minimum absolute atomic E-state index is 0.0245. The first-order chi connectivity index (χ1) is 19.7. The zero-order valence-electron chi connectivity index (χ0n) is 23.0. The van der Waals surface area contributed by atoms with Crippen LogP contribution >= 0.6 is 0 Å². The molecule has 1 saturated heterocycles. The molecule has 0 bridgehead atoms. The molecule has 4 aromatic carbocycles. The maximum atomic E-state index is 12.5. The number of hydrogen-bond acceptors (Lipinski definition) is 4. The number of anilines is 1. The summed E-state index contributed by atoms with van der Waals surface area (Å²) < 4.78 is 5.83. The molecule has 0 aliphatic carbocycles. The molecule has 0 saturated carbocycles. The number of benzene rings is 4. The highest BCUT2D eigenvalue weighted by Crippen LogP contribution is 2.27. The van der Waals surface area contributed by atoms with Gasteiger partial charge in [-0.1, -0.05) is 91.0 Å². The van der Waals surface area contributed by atoms with Gasteiger partial charge in [-0.2, -0.15) is 0 Å². The van der Waals surface area contributed by atoms with Gasteiger partial charge in [0.05, 0.1) is 0 Å². The van der Waals surface area contributed by atoms with Gasteiger partial charge in [-0.05, 0) is 66.9 Å². The molecule has 1 fully saturated rings. The van der Waals surface area contributed by atoms with Gasteiger partial charge in [0.2, 0.25) is 5.91 Å². The lowest BCUT2D eigenvalue weighted by Crippen LogP contribution is -2.44. The van der Waals surface area contributed by atoms with Crippen LogP contribution in [0.3, 0.4) is 0 Å². The zero-order valence-corrected chi connectivity index (χ0v) is 23.0. The number of piperidine rings is 1. The Labute approximate surface area is 238 Å². The Hall–Kier alpha value is -3.93. The first-order valence-electron chi connectivity index (χ1n) is 14.4. The standard InChI is InChI=1S/C35H39N3O2/c39-35(37-32-16-18-33(19-17-32)40-27-28-10-4-1-5-11-28)20-23-36-31-21-24-38(25-22-31)26-34(29-12-6-2-7-13-29)30-14-8-3-9-15-30/h1-19,31,34,36H,20-27H2,(H,37,39). The van der Waals surface area contributed by atoms with E-state index in [1.165, 1.54) is 11.1 Å². The number of rotatable bonds is 12. The molecule has 1 aliphatic heterocycles. The van der Waals surface area contributed by atoms with Crippen molar-refractivity contribution in [3.63, 3.8) is 0 Å². The highest BCUT2D eigenvalue weighted by Gasteiger charge is 2.23. The summed E-state index contributed by atoms with van der Waals surface area (Å²) in [6.07, 6.45) is 2.65. The summed E-state index contributed by atoms with van der Waals surface area (Å²) >= 11 is 0. The molecule has 0 atom stereocenters. The fourth-order valence-electron chi connectivity index (χ4n) is 5.34. The van der Waals surface area contributed by atoms with Crippen LogP contribution in [0.15, 0.2) is 115 Å². The molecule has 1 heterocycles. The Bertz CT molecular complexity index is 1250. The van der Waals surface area contributed by atoms with Crippen molar-refractivity contribution >= 4 is 11.6 Å². The lowest BCUT2D eigenvalue weighted by Gasteiger charge is -2.35. The van der Waals surface area contributed by atoms with Gasteiger partial charge >= 0.3 is 0 Å². The lowest BCUT2D eigenvalue weighted by atomic mass is 9.90. The quantitative estimate of drug-likeness (QED) is 0.219. The maximum Gasteiger partial charge on any atom is 0.225 e. The van der Waals surface area contributed by atoms with Crippen molar-refractivity contribution in [1.82, 2.24) is 10.2 Å². The van der Waals surface area contributed by atoms with Crippen molar-refractivity contribution in [2.45, 2.75) is 37.8 Å². The van der Waals surface area contributed by atoms with E-state index in [1.54, 1.807) is 0 Å². The fraction of sp³-hybridized carbons (Fsp3) is 0.286. The van der Waals surface area contributed by atoms with Crippen LogP contribution in [0.5, 0.6) is 5.75 Å². The van der Waals surface area contributed by atoms with E-state index in [0.717, 1.165) is 49.5 Å². The van der Waals surface area contributed by atoms with E-state index >= 15 is 0 Å². The van der Waals surface area contributed by atoms with Crippen LogP contribution in [-0.4, -0.2) is 43.0 Å². The number of carbonyl (C=O) groups excluding carboxylic acids is 1. The van der Waals surface area contributed by atoms with Gasteiger partial charge in [-0.25, -0.2) is 0 Å².